The van der Waals surface area contributed by atoms with E-state index in [2.05, 4.69) is 5.32 Å². The molecule has 4 rings (SSSR count). The molecule has 8 nitrogen and oxygen atoms in total. The number of hydrogen-bond donors (Lipinski definition) is 2. The number of ketones is 1. The number of Topliss-reactive ketones (excluding diaryl/α,β-unsaturated/α-hetero) is 1. The number of phenolic OH excluding ortho intramolecular Hbond substituents is 1. The maximum absolute atomic E-state index is 12.3. The van der Waals surface area contributed by atoms with Gasteiger partial charge in [-0.05, 0) is 24.4 Å². The quantitative estimate of drug-likeness (QED) is 0.493. The summed E-state index contributed by atoms with van der Waals surface area (Å²) in [6.07, 6.45) is 0. The van der Waals surface area contributed by atoms with Gasteiger partial charge < -0.3 is 24.6 Å². The molecule has 0 spiro atoms. The van der Waals surface area contributed by atoms with E-state index in [0.717, 1.165) is 5.39 Å². The average Bonchev–Trinajstić information content (AvgIpc) is 3.19. The van der Waals surface area contributed by atoms with E-state index < -0.39 is 18.5 Å². The molecule has 1 aliphatic heterocycles. The Kier molecular flexibility index (Phi) is 4.97. The molecule has 0 atom stereocenters. The molecule has 152 valence electrons. The van der Waals surface area contributed by atoms with Crippen LogP contribution in [0.4, 0.5) is 5.69 Å². The summed E-state index contributed by atoms with van der Waals surface area (Å²) >= 11 is 0. The van der Waals surface area contributed by atoms with Gasteiger partial charge in [0.05, 0.1) is 5.69 Å². The number of amides is 1. The SMILES string of the molecule is CC(=O)c1cc2c(cc1NC(=O)COC(=O)c1ccc3ccccc3c1O)OCO2. The third-order valence-corrected chi connectivity index (χ3v) is 4.62. The van der Waals surface area contributed by atoms with Crippen molar-refractivity contribution >= 4 is 34.1 Å². The number of esters is 1. The molecule has 0 saturated carbocycles. The number of benzene rings is 3. The van der Waals surface area contributed by atoms with Gasteiger partial charge in [0.25, 0.3) is 5.91 Å². The highest BCUT2D eigenvalue weighted by Crippen LogP contribution is 2.37. The van der Waals surface area contributed by atoms with Crippen molar-refractivity contribution in [3.05, 3.63) is 59.7 Å². The van der Waals surface area contributed by atoms with Crippen LogP contribution in [0.5, 0.6) is 17.2 Å². The maximum atomic E-state index is 12.3. The minimum absolute atomic E-state index is 0.0247. The Balaban J connectivity index is 1.46. The molecule has 1 amide bonds. The van der Waals surface area contributed by atoms with Gasteiger partial charge >= 0.3 is 5.97 Å². The second kappa shape index (κ2) is 7.75. The molecule has 0 aliphatic carbocycles. The molecule has 1 heterocycles. The number of carbonyl (C=O) groups excluding carboxylic acids is 3. The summed E-state index contributed by atoms with van der Waals surface area (Å²) in [5.41, 5.74) is 0.418. The zero-order chi connectivity index (χ0) is 21.3. The molecule has 3 aromatic carbocycles. The lowest BCUT2D eigenvalue weighted by molar-refractivity contribution is -0.119. The normalized spacial score (nSPS) is 11.9. The molecule has 0 fully saturated rings. The van der Waals surface area contributed by atoms with Crippen LogP contribution >= 0.6 is 0 Å². The molecule has 30 heavy (non-hydrogen) atoms. The number of carbonyl (C=O) groups is 3. The molecule has 0 bridgehead atoms. The Bertz CT molecular complexity index is 1190. The van der Waals surface area contributed by atoms with E-state index in [1.165, 1.54) is 25.1 Å². The van der Waals surface area contributed by atoms with Crippen LogP contribution in [0.1, 0.15) is 27.6 Å². The highest BCUT2D eigenvalue weighted by Gasteiger charge is 2.21. The van der Waals surface area contributed by atoms with Gasteiger partial charge in [-0.3, -0.25) is 9.59 Å². The van der Waals surface area contributed by atoms with Gasteiger partial charge in [0.1, 0.15) is 11.3 Å². The second-order valence-electron chi connectivity index (χ2n) is 6.61. The van der Waals surface area contributed by atoms with Crippen LogP contribution < -0.4 is 14.8 Å². The first-order chi connectivity index (χ1) is 14.4. The summed E-state index contributed by atoms with van der Waals surface area (Å²) in [6, 6.07) is 13.1. The summed E-state index contributed by atoms with van der Waals surface area (Å²) in [6.45, 7) is 0.781. The zero-order valence-corrected chi connectivity index (χ0v) is 15.9. The van der Waals surface area contributed by atoms with E-state index in [4.69, 9.17) is 14.2 Å². The molecule has 0 unspecified atom stereocenters. The predicted molar refractivity (Wildman–Crippen MR) is 107 cm³/mol. The fourth-order valence-corrected chi connectivity index (χ4v) is 3.15. The largest absolute Gasteiger partial charge is 0.506 e. The molecule has 0 saturated heterocycles. The lowest BCUT2D eigenvalue weighted by Gasteiger charge is -2.11. The van der Waals surface area contributed by atoms with Crippen molar-refractivity contribution in [1.82, 2.24) is 0 Å². The monoisotopic (exact) mass is 407 g/mol. The number of nitrogens with one attached hydrogen (secondary N) is 1. The van der Waals surface area contributed by atoms with E-state index >= 15 is 0 Å². The highest BCUT2D eigenvalue weighted by atomic mass is 16.7. The van der Waals surface area contributed by atoms with Crippen LogP contribution in [0.3, 0.4) is 0 Å². The van der Waals surface area contributed by atoms with Crippen molar-refractivity contribution in [2.45, 2.75) is 6.92 Å². The summed E-state index contributed by atoms with van der Waals surface area (Å²) in [7, 11) is 0. The minimum Gasteiger partial charge on any atom is -0.506 e. The Morgan fingerprint density at radius 1 is 1.03 bits per heavy atom. The lowest BCUT2D eigenvalue weighted by atomic mass is 10.1. The standard InChI is InChI=1S/C22H17NO7/c1-12(24)16-8-18-19(30-11-29-18)9-17(16)23-20(25)10-28-22(27)15-7-6-13-4-2-3-5-14(13)21(15)26/h2-9,26H,10-11H2,1H3,(H,23,25). The first-order valence-corrected chi connectivity index (χ1v) is 9.06. The minimum atomic E-state index is -0.842. The van der Waals surface area contributed by atoms with Crippen molar-refractivity contribution in [2.24, 2.45) is 0 Å². The topological polar surface area (TPSA) is 111 Å². The van der Waals surface area contributed by atoms with E-state index in [1.54, 1.807) is 24.3 Å². The van der Waals surface area contributed by atoms with Gasteiger partial charge in [0.15, 0.2) is 23.9 Å². The summed E-state index contributed by atoms with van der Waals surface area (Å²) in [4.78, 5) is 36.5. The van der Waals surface area contributed by atoms with Crippen LogP contribution in [-0.4, -0.2) is 36.2 Å². The fraction of sp³-hybridized carbons (Fsp3) is 0.136. The van der Waals surface area contributed by atoms with Crippen molar-refractivity contribution in [2.75, 3.05) is 18.7 Å². The summed E-state index contributed by atoms with van der Waals surface area (Å²) in [5, 5.41) is 14.2. The van der Waals surface area contributed by atoms with Gasteiger partial charge in [-0.1, -0.05) is 30.3 Å². The van der Waals surface area contributed by atoms with Gasteiger partial charge in [0.2, 0.25) is 6.79 Å². The molecule has 3 aromatic rings. The Labute approximate surface area is 171 Å². The van der Waals surface area contributed by atoms with Crippen molar-refractivity contribution < 1.29 is 33.7 Å². The maximum Gasteiger partial charge on any atom is 0.342 e. The molecule has 0 aromatic heterocycles. The molecule has 1 aliphatic rings. The summed E-state index contributed by atoms with van der Waals surface area (Å²) in [5.74, 6) is -1.17. The van der Waals surface area contributed by atoms with Gasteiger partial charge in [-0.2, -0.15) is 0 Å². The molecule has 8 heteroatoms. The van der Waals surface area contributed by atoms with Crippen molar-refractivity contribution in [1.29, 1.82) is 0 Å². The van der Waals surface area contributed by atoms with Crippen LogP contribution in [0.15, 0.2) is 48.5 Å². The van der Waals surface area contributed by atoms with Gasteiger partial charge in [0, 0.05) is 17.0 Å². The third-order valence-electron chi connectivity index (χ3n) is 4.62. The lowest BCUT2D eigenvalue weighted by Crippen LogP contribution is -2.22. The van der Waals surface area contributed by atoms with Gasteiger partial charge in [-0.15, -0.1) is 0 Å². The van der Waals surface area contributed by atoms with E-state index in [-0.39, 0.29) is 35.1 Å². The number of aromatic hydroxyl groups is 1. The average molecular weight is 407 g/mol. The molecule has 0 radical (unpaired) electrons. The van der Waals surface area contributed by atoms with Crippen molar-refractivity contribution in [3.8, 4) is 17.2 Å². The smallest absolute Gasteiger partial charge is 0.342 e. The Hall–Kier alpha value is -4.07. The van der Waals surface area contributed by atoms with Crippen LogP contribution in [0.2, 0.25) is 0 Å². The van der Waals surface area contributed by atoms with E-state index in [0.29, 0.717) is 16.9 Å². The number of hydrogen-bond acceptors (Lipinski definition) is 7. The Morgan fingerprint density at radius 2 is 1.77 bits per heavy atom. The first-order valence-electron chi connectivity index (χ1n) is 9.06. The number of ether oxygens (including phenoxy) is 3. The van der Waals surface area contributed by atoms with Gasteiger partial charge in [-0.25, -0.2) is 4.79 Å². The second-order valence-corrected chi connectivity index (χ2v) is 6.61. The number of anilines is 1. The van der Waals surface area contributed by atoms with E-state index in [1.807, 2.05) is 6.07 Å². The summed E-state index contributed by atoms with van der Waals surface area (Å²) < 4.78 is 15.5. The first kappa shape index (κ1) is 19.3. The molecular weight excluding hydrogens is 390 g/mol. The molecular formula is C22H17NO7. The number of rotatable bonds is 5. The molecule has 2 N–H and O–H groups in total. The number of phenols is 1. The van der Waals surface area contributed by atoms with Crippen LogP contribution in [0, 0.1) is 0 Å². The van der Waals surface area contributed by atoms with E-state index in [9.17, 15) is 19.5 Å². The number of fused-ring (bicyclic) bond motifs is 2. The fourth-order valence-electron chi connectivity index (χ4n) is 3.15. The third kappa shape index (κ3) is 3.62. The van der Waals surface area contributed by atoms with Crippen molar-refractivity contribution in [3.63, 3.8) is 0 Å². The van der Waals surface area contributed by atoms with Crippen LogP contribution in [-0.2, 0) is 9.53 Å². The Morgan fingerprint density at radius 3 is 2.53 bits per heavy atom. The van der Waals surface area contributed by atoms with Crippen LogP contribution in [0.25, 0.3) is 10.8 Å². The predicted octanol–water partition coefficient (Wildman–Crippen LogP) is 3.27. The highest BCUT2D eigenvalue weighted by molar-refractivity contribution is 6.06. The zero-order valence-electron chi connectivity index (χ0n) is 15.9.